The minimum absolute atomic E-state index is 0.132. The lowest BCUT2D eigenvalue weighted by molar-refractivity contribution is -0.131. The molecule has 136 valence electrons. The number of benzene rings is 1. The van der Waals surface area contributed by atoms with Gasteiger partial charge in [-0.15, -0.1) is 0 Å². The quantitative estimate of drug-likeness (QED) is 0.806. The molecule has 4 amide bonds. The molecule has 1 aromatic carbocycles. The van der Waals surface area contributed by atoms with Crippen molar-refractivity contribution in [3.8, 4) is 0 Å². The lowest BCUT2D eigenvalue weighted by Gasteiger charge is -2.23. The van der Waals surface area contributed by atoms with Crippen LogP contribution in [-0.4, -0.2) is 35.3 Å². The van der Waals surface area contributed by atoms with E-state index >= 15 is 0 Å². The molecule has 1 atom stereocenters. The van der Waals surface area contributed by atoms with Crippen molar-refractivity contribution in [1.82, 2.24) is 10.2 Å². The average molecular weight is 345 g/mol. The molecule has 1 unspecified atom stereocenters. The van der Waals surface area contributed by atoms with Gasteiger partial charge in [0.05, 0.1) is 0 Å². The largest absolute Gasteiger partial charge is 0.326 e. The van der Waals surface area contributed by atoms with Crippen molar-refractivity contribution < 1.29 is 14.4 Å². The van der Waals surface area contributed by atoms with Crippen molar-refractivity contribution in [2.45, 2.75) is 52.5 Å². The first kappa shape index (κ1) is 19.0. The fourth-order valence-corrected chi connectivity index (χ4v) is 2.94. The van der Waals surface area contributed by atoms with Gasteiger partial charge >= 0.3 is 6.03 Å². The molecule has 6 nitrogen and oxygen atoms in total. The van der Waals surface area contributed by atoms with Gasteiger partial charge in [-0.05, 0) is 29.4 Å². The van der Waals surface area contributed by atoms with Crippen molar-refractivity contribution in [1.29, 1.82) is 0 Å². The van der Waals surface area contributed by atoms with E-state index in [1.54, 1.807) is 0 Å². The van der Waals surface area contributed by atoms with E-state index in [1.807, 2.05) is 38.1 Å². The van der Waals surface area contributed by atoms with Crippen LogP contribution in [0.2, 0.25) is 0 Å². The number of rotatable bonds is 5. The van der Waals surface area contributed by atoms with Gasteiger partial charge in [0.2, 0.25) is 5.91 Å². The van der Waals surface area contributed by atoms with Gasteiger partial charge in [0.1, 0.15) is 12.6 Å². The monoisotopic (exact) mass is 345 g/mol. The molecule has 1 aliphatic rings. The summed E-state index contributed by atoms with van der Waals surface area (Å²) in [4.78, 5) is 37.7. The van der Waals surface area contributed by atoms with E-state index in [9.17, 15) is 14.4 Å². The highest BCUT2D eigenvalue weighted by molar-refractivity contribution is 6.08. The molecule has 0 aliphatic carbocycles. The highest BCUT2D eigenvalue weighted by Crippen LogP contribution is 2.29. The first-order valence-electron chi connectivity index (χ1n) is 8.61. The SMILES string of the molecule is CC(C)CC1NC(=O)N(CC(=O)Nc2ccccc2C(C)(C)C)C1=O. The van der Waals surface area contributed by atoms with Gasteiger partial charge in [-0.3, -0.25) is 14.5 Å². The lowest BCUT2D eigenvalue weighted by atomic mass is 9.86. The van der Waals surface area contributed by atoms with Crippen LogP contribution >= 0.6 is 0 Å². The number of nitrogens with zero attached hydrogens (tertiary/aromatic N) is 1. The summed E-state index contributed by atoms with van der Waals surface area (Å²) in [6, 6.07) is 6.51. The van der Waals surface area contributed by atoms with Gasteiger partial charge < -0.3 is 10.6 Å². The number of nitrogens with one attached hydrogen (secondary N) is 2. The van der Waals surface area contributed by atoms with E-state index in [4.69, 9.17) is 0 Å². The smallest absolute Gasteiger partial charge is 0.325 e. The molecule has 0 saturated carbocycles. The fraction of sp³-hybridized carbons (Fsp3) is 0.526. The Kier molecular flexibility index (Phi) is 5.50. The van der Waals surface area contributed by atoms with Crippen LogP contribution in [0.25, 0.3) is 0 Å². The van der Waals surface area contributed by atoms with Gasteiger partial charge in [0.25, 0.3) is 5.91 Å². The number of carbonyl (C=O) groups is 3. The zero-order valence-corrected chi connectivity index (χ0v) is 15.6. The average Bonchev–Trinajstić information content (AvgIpc) is 2.73. The maximum atomic E-state index is 12.4. The van der Waals surface area contributed by atoms with Crippen molar-refractivity contribution in [3.05, 3.63) is 29.8 Å². The molecule has 1 heterocycles. The van der Waals surface area contributed by atoms with E-state index in [0.29, 0.717) is 12.1 Å². The normalized spacial score (nSPS) is 17.8. The van der Waals surface area contributed by atoms with Crippen LogP contribution in [0.4, 0.5) is 10.5 Å². The van der Waals surface area contributed by atoms with Gasteiger partial charge in [-0.2, -0.15) is 0 Å². The van der Waals surface area contributed by atoms with Gasteiger partial charge in [-0.1, -0.05) is 52.8 Å². The van der Waals surface area contributed by atoms with E-state index in [-0.39, 0.29) is 29.7 Å². The molecule has 6 heteroatoms. The van der Waals surface area contributed by atoms with E-state index in [0.717, 1.165) is 10.5 Å². The molecule has 25 heavy (non-hydrogen) atoms. The maximum Gasteiger partial charge on any atom is 0.325 e. The zero-order valence-electron chi connectivity index (χ0n) is 15.6. The van der Waals surface area contributed by atoms with Crippen LogP contribution in [0.15, 0.2) is 24.3 Å². The van der Waals surface area contributed by atoms with Crippen molar-refractivity contribution in [2.75, 3.05) is 11.9 Å². The van der Waals surface area contributed by atoms with E-state index in [2.05, 4.69) is 31.4 Å². The second kappa shape index (κ2) is 7.25. The predicted molar refractivity (Wildman–Crippen MR) is 97.3 cm³/mol. The first-order valence-corrected chi connectivity index (χ1v) is 8.61. The summed E-state index contributed by atoms with van der Waals surface area (Å²) in [6.07, 6.45) is 0.565. The molecule has 2 rings (SSSR count). The molecular formula is C19H27N3O3. The number of amides is 4. The molecular weight excluding hydrogens is 318 g/mol. The van der Waals surface area contributed by atoms with Crippen LogP contribution in [0, 0.1) is 5.92 Å². The lowest BCUT2D eigenvalue weighted by Crippen LogP contribution is -2.38. The number of hydrogen-bond acceptors (Lipinski definition) is 3. The molecule has 1 saturated heterocycles. The molecule has 0 aromatic heterocycles. The number of urea groups is 1. The second-order valence-corrected chi connectivity index (χ2v) is 7.90. The molecule has 1 aromatic rings. The Morgan fingerprint density at radius 2 is 1.88 bits per heavy atom. The van der Waals surface area contributed by atoms with E-state index in [1.165, 1.54) is 0 Å². The molecule has 0 spiro atoms. The number of hydrogen-bond donors (Lipinski definition) is 2. The highest BCUT2D eigenvalue weighted by Gasteiger charge is 2.39. The zero-order chi connectivity index (χ0) is 18.8. The Labute approximate surface area is 149 Å². The number of imide groups is 1. The minimum atomic E-state index is -0.540. The van der Waals surface area contributed by atoms with Gasteiger partial charge in [0, 0.05) is 5.69 Å². The molecule has 1 fully saturated rings. The topological polar surface area (TPSA) is 78.5 Å². The Balaban J connectivity index is 2.06. The summed E-state index contributed by atoms with van der Waals surface area (Å²) in [7, 11) is 0. The standard InChI is InChI=1S/C19H27N3O3/c1-12(2)10-15-17(24)22(18(25)21-15)11-16(23)20-14-9-7-6-8-13(14)19(3,4)5/h6-9,12,15H,10-11H2,1-5H3,(H,20,23)(H,21,25). The van der Waals surface area contributed by atoms with Crippen LogP contribution in [0.5, 0.6) is 0 Å². The summed E-state index contributed by atoms with van der Waals surface area (Å²) in [6.45, 7) is 9.87. The number of para-hydroxylation sites is 1. The fourth-order valence-electron chi connectivity index (χ4n) is 2.94. The van der Waals surface area contributed by atoms with Gasteiger partial charge in [0.15, 0.2) is 0 Å². The van der Waals surface area contributed by atoms with Gasteiger partial charge in [-0.25, -0.2) is 4.79 Å². The summed E-state index contributed by atoms with van der Waals surface area (Å²) in [5.74, 6) is -0.440. The first-order chi connectivity index (χ1) is 11.6. The molecule has 0 radical (unpaired) electrons. The predicted octanol–water partition coefficient (Wildman–Crippen LogP) is 2.89. The van der Waals surface area contributed by atoms with Crippen LogP contribution < -0.4 is 10.6 Å². The third-order valence-electron chi connectivity index (χ3n) is 4.12. The van der Waals surface area contributed by atoms with Crippen LogP contribution in [0.1, 0.15) is 46.6 Å². The maximum absolute atomic E-state index is 12.4. The molecule has 1 aliphatic heterocycles. The molecule has 2 N–H and O–H groups in total. The number of anilines is 1. The van der Waals surface area contributed by atoms with Crippen LogP contribution in [0.3, 0.4) is 0 Å². The Morgan fingerprint density at radius 3 is 2.48 bits per heavy atom. The summed E-state index contributed by atoms with van der Waals surface area (Å²) in [5, 5.41) is 5.48. The Bertz CT molecular complexity index is 677. The number of carbonyl (C=O) groups excluding carboxylic acids is 3. The van der Waals surface area contributed by atoms with Crippen molar-refractivity contribution in [3.63, 3.8) is 0 Å². The second-order valence-electron chi connectivity index (χ2n) is 7.90. The van der Waals surface area contributed by atoms with E-state index < -0.39 is 12.1 Å². The Morgan fingerprint density at radius 1 is 1.24 bits per heavy atom. The third kappa shape index (κ3) is 4.59. The van der Waals surface area contributed by atoms with Crippen molar-refractivity contribution in [2.24, 2.45) is 5.92 Å². The highest BCUT2D eigenvalue weighted by atomic mass is 16.2. The summed E-state index contributed by atoms with van der Waals surface area (Å²) < 4.78 is 0. The summed E-state index contributed by atoms with van der Waals surface area (Å²) >= 11 is 0. The summed E-state index contributed by atoms with van der Waals surface area (Å²) in [5.41, 5.74) is 1.57. The third-order valence-corrected chi connectivity index (χ3v) is 4.12. The molecule has 0 bridgehead atoms. The van der Waals surface area contributed by atoms with Crippen LogP contribution in [-0.2, 0) is 15.0 Å². The minimum Gasteiger partial charge on any atom is -0.326 e. The van der Waals surface area contributed by atoms with Crippen molar-refractivity contribution >= 4 is 23.5 Å². The Hall–Kier alpha value is -2.37.